The van der Waals surface area contributed by atoms with Crippen LogP contribution >= 0.6 is 0 Å². The summed E-state index contributed by atoms with van der Waals surface area (Å²) in [6, 6.07) is 9.43. The number of hydrogen-bond donors (Lipinski definition) is 1. The van der Waals surface area contributed by atoms with E-state index in [1.807, 2.05) is 49.1 Å². The van der Waals surface area contributed by atoms with Crippen LogP contribution < -0.4 is 4.74 Å². The average Bonchev–Trinajstić information content (AvgIpc) is 2.48. The molecule has 1 N–H and O–H groups in total. The van der Waals surface area contributed by atoms with Crippen molar-refractivity contribution < 1.29 is 14.6 Å². The first-order valence-corrected chi connectivity index (χ1v) is 7.30. The van der Waals surface area contributed by atoms with Crippen molar-refractivity contribution in [2.45, 2.75) is 38.9 Å². The van der Waals surface area contributed by atoms with E-state index in [-0.39, 0.29) is 17.9 Å². The molecule has 3 unspecified atom stereocenters. The van der Waals surface area contributed by atoms with E-state index in [2.05, 4.69) is 0 Å². The topological polar surface area (TPSA) is 49.8 Å². The molecule has 110 valence electrons. The highest BCUT2D eigenvalue weighted by Crippen LogP contribution is 2.20. The summed E-state index contributed by atoms with van der Waals surface area (Å²) in [5, 5.41) is 9.74. The third kappa shape index (κ3) is 3.51. The molecule has 0 spiro atoms. The molecule has 1 amide bonds. The molecular weight excluding hydrogens is 254 g/mol. The summed E-state index contributed by atoms with van der Waals surface area (Å²) < 4.78 is 5.79. The summed E-state index contributed by atoms with van der Waals surface area (Å²) in [6.07, 6.45) is 0.546. The minimum atomic E-state index is -0.445. The number of hydrogen-bond acceptors (Lipinski definition) is 3. The largest absolute Gasteiger partial charge is 0.481 e. The van der Waals surface area contributed by atoms with Crippen molar-refractivity contribution >= 4 is 5.91 Å². The molecule has 4 heteroatoms. The molecule has 0 bridgehead atoms. The zero-order valence-corrected chi connectivity index (χ0v) is 12.2. The van der Waals surface area contributed by atoms with Crippen molar-refractivity contribution in [2.24, 2.45) is 5.92 Å². The lowest BCUT2D eigenvalue weighted by Crippen LogP contribution is -2.49. The van der Waals surface area contributed by atoms with E-state index in [9.17, 15) is 9.90 Å². The van der Waals surface area contributed by atoms with Gasteiger partial charge < -0.3 is 14.7 Å². The predicted octanol–water partition coefficient (Wildman–Crippen LogP) is 2.07. The number of rotatable bonds is 4. The number of aliphatic hydroxyl groups excluding tert-OH is 1. The predicted molar refractivity (Wildman–Crippen MR) is 77.5 cm³/mol. The van der Waals surface area contributed by atoms with Gasteiger partial charge in [0.1, 0.15) is 5.75 Å². The van der Waals surface area contributed by atoms with E-state index in [4.69, 9.17) is 4.74 Å². The quantitative estimate of drug-likeness (QED) is 0.916. The number of likely N-dealkylation sites (tertiary alicyclic amines) is 1. The molecule has 20 heavy (non-hydrogen) atoms. The van der Waals surface area contributed by atoms with Crippen molar-refractivity contribution in [3.05, 3.63) is 30.3 Å². The van der Waals surface area contributed by atoms with E-state index in [1.165, 1.54) is 0 Å². The molecule has 4 nitrogen and oxygen atoms in total. The van der Waals surface area contributed by atoms with Crippen LogP contribution in [0, 0.1) is 5.92 Å². The number of carbonyl (C=O) groups is 1. The fourth-order valence-electron chi connectivity index (χ4n) is 2.51. The number of carbonyl (C=O) groups excluding carboxylic acids is 1. The number of piperidine rings is 1. The lowest BCUT2D eigenvalue weighted by Gasteiger charge is -2.36. The van der Waals surface area contributed by atoms with Crippen molar-refractivity contribution in [3.63, 3.8) is 0 Å². The molecule has 0 aromatic heterocycles. The van der Waals surface area contributed by atoms with Gasteiger partial charge in [-0.15, -0.1) is 0 Å². The summed E-state index contributed by atoms with van der Waals surface area (Å²) in [5.74, 6) is 0.870. The fraction of sp³-hybridized carbons (Fsp3) is 0.562. The number of ether oxygens (including phenoxy) is 1. The maximum atomic E-state index is 12.5. The number of aliphatic hydroxyl groups is 1. The monoisotopic (exact) mass is 277 g/mol. The zero-order chi connectivity index (χ0) is 14.5. The average molecular weight is 277 g/mol. The van der Waals surface area contributed by atoms with Crippen LogP contribution in [0.5, 0.6) is 5.75 Å². The maximum Gasteiger partial charge on any atom is 0.263 e. The summed E-state index contributed by atoms with van der Waals surface area (Å²) in [6.45, 7) is 5.14. The maximum absolute atomic E-state index is 12.5. The Hall–Kier alpha value is -1.55. The Balaban J connectivity index is 1.99. The van der Waals surface area contributed by atoms with Crippen LogP contribution in [-0.4, -0.2) is 41.2 Å². The Morgan fingerprint density at radius 2 is 2.15 bits per heavy atom. The van der Waals surface area contributed by atoms with E-state index in [0.717, 1.165) is 5.75 Å². The highest BCUT2D eigenvalue weighted by molar-refractivity contribution is 5.81. The van der Waals surface area contributed by atoms with Crippen LogP contribution in [0.2, 0.25) is 0 Å². The van der Waals surface area contributed by atoms with Crippen LogP contribution in [0.1, 0.15) is 26.7 Å². The van der Waals surface area contributed by atoms with Gasteiger partial charge in [-0.3, -0.25) is 4.79 Å². The SMILES string of the molecule is CCC(Oc1ccccc1)C(=O)N1CCC(O)C(C)C1. The molecule has 3 atom stereocenters. The van der Waals surface area contributed by atoms with Gasteiger partial charge in [-0.05, 0) is 30.9 Å². The fourth-order valence-corrected chi connectivity index (χ4v) is 2.51. The van der Waals surface area contributed by atoms with Crippen molar-refractivity contribution in [2.75, 3.05) is 13.1 Å². The summed E-state index contributed by atoms with van der Waals surface area (Å²) in [7, 11) is 0. The van der Waals surface area contributed by atoms with Crippen LogP contribution in [0.4, 0.5) is 0 Å². The van der Waals surface area contributed by atoms with Crippen molar-refractivity contribution in [3.8, 4) is 5.75 Å². The lowest BCUT2D eigenvalue weighted by atomic mass is 9.96. The summed E-state index contributed by atoms with van der Waals surface area (Å²) >= 11 is 0. The number of amides is 1. The van der Waals surface area contributed by atoms with Crippen LogP contribution in [-0.2, 0) is 4.79 Å². The second-order valence-corrected chi connectivity index (χ2v) is 5.45. The summed E-state index contributed by atoms with van der Waals surface area (Å²) in [4.78, 5) is 14.3. The van der Waals surface area contributed by atoms with Gasteiger partial charge in [0.25, 0.3) is 5.91 Å². The highest BCUT2D eigenvalue weighted by Gasteiger charge is 2.31. The Morgan fingerprint density at radius 3 is 2.75 bits per heavy atom. The van der Waals surface area contributed by atoms with Crippen LogP contribution in [0.15, 0.2) is 30.3 Å². The third-order valence-corrected chi connectivity index (χ3v) is 3.84. The first-order chi connectivity index (χ1) is 9.61. The van der Waals surface area contributed by atoms with Gasteiger partial charge in [-0.1, -0.05) is 32.0 Å². The molecule has 1 fully saturated rings. The van der Waals surface area contributed by atoms with Crippen LogP contribution in [0.25, 0.3) is 0 Å². The third-order valence-electron chi connectivity index (χ3n) is 3.84. The Morgan fingerprint density at radius 1 is 1.45 bits per heavy atom. The van der Waals surface area contributed by atoms with Gasteiger partial charge >= 0.3 is 0 Å². The van der Waals surface area contributed by atoms with E-state index >= 15 is 0 Å². The van der Waals surface area contributed by atoms with E-state index in [0.29, 0.717) is 25.9 Å². The molecular formula is C16H23NO3. The first kappa shape index (κ1) is 14.9. The normalized spacial score (nSPS) is 24.2. The minimum absolute atomic E-state index is 0.0232. The zero-order valence-electron chi connectivity index (χ0n) is 12.2. The second-order valence-electron chi connectivity index (χ2n) is 5.45. The van der Waals surface area contributed by atoms with Gasteiger partial charge in [0.05, 0.1) is 6.10 Å². The number of para-hydroxylation sites is 1. The smallest absolute Gasteiger partial charge is 0.263 e. The molecule has 1 heterocycles. The molecule has 1 aromatic rings. The van der Waals surface area contributed by atoms with Gasteiger partial charge in [-0.25, -0.2) is 0 Å². The molecule has 1 aromatic carbocycles. The molecule has 1 aliphatic heterocycles. The lowest BCUT2D eigenvalue weighted by molar-refractivity contribution is -0.142. The van der Waals surface area contributed by atoms with Gasteiger partial charge in [-0.2, -0.15) is 0 Å². The first-order valence-electron chi connectivity index (χ1n) is 7.30. The van der Waals surface area contributed by atoms with E-state index in [1.54, 1.807) is 0 Å². The molecule has 0 aliphatic carbocycles. The number of benzene rings is 1. The minimum Gasteiger partial charge on any atom is -0.481 e. The molecule has 1 saturated heterocycles. The van der Waals surface area contributed by atoms with Gasteiger partial charge in [0.15, 0.2) is 6.10 Å². The van der Waals surface area contributed by atoms with Crippen molar-refractivity contribution in [1.29, 1.82) is 0 Å². The van der Waals surface area contributed by atoms with Crippen LogP contribution in [0.3, 0.4) is 0 Å². The Labute approximate surface area is 120 Å². The molecule has 0 radical (unpaired) electrons. The molecule has 0 saturated carbocycles. The second kappa shape index (κ2) is 6.75. The van der Waals surface area contributed by atoms with Gasteiger partial charge in [0.2, 0.25) is 0 Å². The number of nitrogens with zero attached hydrogens (tertiary/aromatic N) is 1. The van der Waals surface area contributed by atoms with E-state index < -0.39 is 6.10 Å². The Kier molecular flexibility index (Phi) is 5.01. The standard InChI is InChI=1S/C16H23NO3/c1-3-15(20-13-7-5-4-6-8-13)16(19)17-10-9-14(18)12(2)11-17/h4-8,12,14-15,18H,3,9-11H2,1-2H3. The molecule has 1 aliphatic rings. The molecule has 2 rings (SSSR count). The van der Waals surface area contributed by atoms with Gasteiger partial charge in [0, 0.05) is 13.1 Å². The Bertz CT molecular complexity index is 435. The van der Waals surface area contributed by atoms with Crippen molar-refractivity contribution in [1.82, 2.24) is 4.90 Å². The summed E-state index contributed by atoms with van der Waals surface area (Å²) in [5.41, 5.74) is 0. The highest BCUT2D eigenvalue weighted by atomic mass is 16.5.